The highest BCUT2D eigenvalue weighted by molar-refractivity contribution is 5.96. The summed E-state index contributed by atoms with van der Waals surface area (Å²) < 4.78 is 5.43. The van der Waals surface area contributed by atoms with Crippen LogP contribution < -0.4 is 10.5 Å². The predicted molar refractivity (Wildman–Crippen MR) is 120 cm³/mol. The predicted octanol–water partition coefficient (Wildman–Crippen LogP) is 3.27. The van der Waals surface area contributed by atoms with Gasteiger partial charge in [-0.05, 0) is 47.7 Å². The minimum absolute atomic E-state index is 0.115. The second-order valence-corrected chi connectivity index (χ2v) is 7.59. The van der Waals surface area contributed by atoms with Crippen LogP contribution in [-0.4, -0.2) is 42.9 Å². The zero-order valence-electron chi connectivity index (χ0n) is 18.1. The van der Waals surface area contributed by atoms with Gasteiger partial charge in [0.05, 0.1) is 18.2 Å². The molecule has 1 heterocycles. The van der Waals surface area contributed by atoms with Gasteiger partial charge in [-0.3, -0.25) is 14.6 Å². The summed E-state index contributed by atoms with van der Waals surface area (Å²) in [7, 11) is 4.96. The van der Waals surface area contributed by atoms with E-state index in [4.69, 9.17) is 10.5 Å². The van der Waals surface area contributed by atoms with Crippen molar-refractivity contribution in [1.29, 1.82) is 0 Å². The zero-order valence-corrected chi connectivity index (χ0v) is 18.1. The Kier molecular flexibility index (Phi) is 7.03. The number of carbonyl (C=O) groups is 2. The smallest absolute Gasteiger partial charge is 0.257 e. The fourth-order valence-corrected chi connectivity index (χ4v) is 3.47. The number of aryl methyl sites for hydroxylation is 2. The van der Waals surface area contributed by atoms with Gasteiger partial charge in [0, 0.05) is 32.4 Å². The molecule has 0 aliphatic heterocycles. The molecule has 0 unspecified atom stereocenters. The van der Waals surface area contributed by atoms with E-state index in [2.05, 4.69) is 17.1 Å². The van der Waals surface area contributed by atoms with Gasteiger partial charge in [-0.25, -0.2) is 0 Å². The second kappa shape index (κ2) is 9.89. The van der Waals surface area contributed by atoms with Crippen LogP contribution in [-0.2, 0) is 19.3 Å². The Bertz CT molecular complexity index is 1080. The first kappa shape index (κ1) is 22.0. The van der Waals surface area contributed by atoms with Crippen LogP contribution in [0.3, 0.4) is 0 Å². The molecule has 31 heavy (non-hydrogen) atoms. The molecule has 0 saturated carbocycles. The molecule has 3 aromatic rings. The fourth-order valence-electron chi connectivity index (χ4n) is 3.47. The van der Waals surface area contributed by atoms with Crippen LogP contribution >= 0.6 is 0 Å². The Balaban J connectivity index is 1.84. The van der Waals surface area contributed by atoms with Crippen LogP contribution in [0.1, 0.15) is 43.1 Å². The van der Waals surface area contributed by atoms with Gasteiger partial charge in [0.2, 0.25) is 0 Å². The molecular formula is C25H27N3O3. The highest BCUT2D eigenvalue weighted by Gasteiger charge is 2.16. The molecule has 3 rings (SSSR count). The summed E-state index contributed by atoms with van der Waals surface area (Å²) in [5.41, 5.74) is 10.4. The number of rotatable bonds is 8. The number of benzene rings is 2. The third-order valence-electron chi connectivity index (χ3n) is 5.13. The minimum Gasteiger partial charge on any atom is -0.496 e. The van der Waals surface area contributed by atoms with E-state index in [-0.39, 0.29) is 5.91 Å². The summed E-state index contributed by atoms with van der Waals surface area (Å²) in [5.74, 6) is -0.0693. The van der Waals surface area contributed by atoms with Crippen LogP contribution in [0.5, 0.6) is 5.75 Å². The number of primary amides is 1. The third kappa shape index (κ3) is 5.48. The normalized spacial score (nSPS) is 10.5. The topological polar surface area (TPSA) is 85.5 Å². The lowest BCUT2D eigenvalue weighted by atomic mass is 9.98. The molecule has 2 amide bonds. The van der Waals surface area contributed by atoms with E-state index in [1.165, 1.54) is 10.5 Å². The Morgan fingerprint density at radius 1 is 0.968 bits per heavy atom. The zero-order chi connectivity index (χ0) is 22.4. The summed E-state index contributed by atoms with van der Waals surface area (Å²) in [4.78, 5) is 30.1. The lowest BCUT2D eigenvalue weighted by Crippen LogP contribution is -2.22. The molecule has 0 aliphatic carbocycles. The van der Waals surface area contributed by atoms with Crippen molar-refractivity contribution in [2.45, 2.75) is 19.3 Å². The Hall–Kier alpha value is -3.67. The van der Waals surface area contributed by atoms with Crippen LogP contribution in [0, 0.1) is 0 Å². The molecule has 0 fully saturated rings. The lowest BCUT2D eigenvalue weighted by molar-refractivity contribution is 0.0824. The Labute approximate surface area is 182 Å². The number of aromatic nitrogens is 1. The number of pyridine rings is 1. The average molecular weight is 418 g/mol. The molecule has 2 N–H and O–H groups in total. The maximum atomic E-state index is 12.3. The maximum absolute atomic E-state index is 12.3. The van der Waals surface area contributed by atoms with E-state index in [1.54, 1.807) is 33.5 Å². The number of ether oxygens (including phenoxy) is 1. The van der Waals surface area contributed by atoms with Crippen molar-refractivity contribution >= 4 is 11.8 Å². The van der Waals surface area contributed by atoms with Gasteiger partial charge in [-0.1, -0.05) is 36.4 Å². The fraction of sp³-hybridized carbons (Fsp3) is 0.240. The van der Waals surface area contributed by atoms with Crippen LogP contribution in [0.15, 0.2) is 60.8 Å². The van der Waals surface area contributed by atoms with Crippen molar-refractivity contribution in [3.63, 3.8) is 0 Å². The number of nitrogens with zero attached hydrogens (tertiary/aromatic N) is 2. The van der Waals surface area contributed by atoms with Gasteiger partial charge in [-0.15, -0.1) is 0 Å². The van der Waals surface area contributed by atoms with Gasteiger partial charge in [0.15, 0.2) is 0 Å². The molecule has 0 spiro atoms. The molecule has 0 bridgehead atoms. The lowest BCUT2D eigenvalue weighted by Gasteiger charge is -2.15. The van der Waals surface area contributed by atoms with Crippen molar-refractivity contribution in [2.75, 3.05) is 21.2 Å². The first-order chi connectivity index (χ1) is 14.9. The average Bonchev–Trinajstić information content (AvgIpc) is 2.77. The van der Waals surface area contributed by atoms with E-state index >= 15 is 0 Å². The van der Waals surface area contributed by atoms with Gasteiger partial charge in [-0.2, -0.15) is 0 Å². The molecule has 6 heteroatoms. The highest BCUT2D eigenvalue weighted by Crippen LogP contribution is 2.23. The maximum Gasteiger partial charge on any atom is 0.257 e. The van der Waals surface area contributed by atoms with E-state index in [9.17, 15) is 9.59 Å². The Morgan fingerprint density at radius 3 is 2.35 bits per heavy atom. The van der Waals surface area contributed by atoms with Crippen molar-refractivity contribution in [3.8, 4) is 5.75 Å². The molecule has 0 atom stereocenters. The number of hydrogen-bond acceptors (Lipinski definition) is 4. The molecule has 160 valence electrons. The van der Waals surface area contributed by atoms with Crippen molar-refractivity contribution < 1.29 is 14.3 Å². The van der Waals surface area contributed by atoms with E-state index in [1.807, 2.05) is 36.4 Å². The molecule has 6 nitrogen and oxygen atoms in total. The van der Waals surface area contributed by atoms with Gasteiger partial charge < -0.3 is 15.4 Å². The minimum atomic E-state index is -0.477. The largest absolute Gasteiger partial charge is 0.496 e. The molecule has 0 aliphatic rings. The third-order valence-corrected chi connectivity index (χ3v) is 5.13. The number of amides is 2. The summed E-state index contributed by atoms with van der Waals surface area (Å²) in [6.45, 7) is 0. The van der Waals surface area contributed by atoms with Gasteiger partial charge >= 0.3 is 0 Å². The number of nitrogens with two attached hydrogens (primary N) is 1. The summed E-state index contributed by atoms with van der Waals surface area (Å²) >= 11 is 0. The second-order valence-electron chi connectivity index (χ2n) is 7.59. The SMILES string of the molecule is COc1cc(Cc2cc(CCc3ccccc3)c(C(N)=O)cn2)ccc1C(=O)N(C)C. The summed E-state index contributed by atoms with van der Waals surface area (Å²) in [5, 5.41) is 0. The van der Waals surface area contributed by atoms with Crippen LogP contribution in [0.4, 0.5) is 0 Å². The van der Waals surface area contributed by atoms with Crippen molar-refractivity contribution in [3.05, 3.63) is 94.3 Å². The molecule has 2 aromatic carbocycles. The first-order valence-electron chi connectivity index (χ1n) is 10.1. The van der Waals surface area contributed by atoms with E-state index < -0.39 is 5.91 Å². The highest BCUT2D eigenvalue weighted by atomic mass is 16.5. The van der Waals surface area contributed by atoms with Crippen LogP contribution in [0.2, 0.25) is 0 Å². The number of hydrogen-bond donors (Lipinski definition) is 1. The van der Waals surface area contributed by atoms with Crippen molar-refractivity contribution in [2.24, 2.45) is 5.73 Å². The molecule has 0 saturated heterocycles. The molecular weight excluding hydrogens is 390 g/mol. The molecule has 0 radical (unpaired) electrons. The quantitative estimate of drug-likeness (QED) is 0.610. The van der Waals surface area contributed by atoms with Crippen molar-refractivity contribution in [1.82, 2.24) is 9.88 Å². The standard InChI is InChI=1S/C25H27N3O3/c1-28(2)25(30)21-12-10-18(14-23(21)31-3)13-20-15-19(22(16-27-20)24(26)29)11-9-17-7-5-4-6-8-17/h4-8,10,12,14-16H,9,11,13H2,1-3H3,(H2,26,29). The number of methoxy groups -OCH3 is 1. The van der Waals surface area contributed by atoms with Crippen LogP contribution in [0.25, 0.3) is 0 Å². The monoisotopic (exact) mass is 417 g/mol. The van der Waals surface area contributed by atoms with Gasteiger partial charge in [0.25, 0.3) is 11.8 Å². The number of carbonyl (C=O) groups excluding carboxylic acids is 2. The Morgan fingerprint density at radius 2 is 1.71 bits per heavy atom. The molecule has 1 aromatic heterocycles. The first-order valence-corrected chi connectivity index (χ1v) is 10.1. The summed E-state index contributed by atoms with van der Waals surface area (Å²) in [6.07, 6.45) is 3.60. The summed E-state index contributed by atoms with van der Waals surface area (Å²) in [6, 6.07) is 17.6. The van der Waals surface area contributed by atoms with E-state index in [0.29, 0.717) is 29.7 Å². The van der Waals surface area contributed by atoms with Gasteiger partial charge in [0.1, 0.15) is 5.75 Å². The van der Waals surface area contributed by atoms with E-state index in [0.717, 1.165) is 23.2 Å².